The predicted molar refractivity (Wildman–Crippen MR) is 57.5 cm³/mol. The van der Waals surface area contributed by atoms with Crippen molar-refractivity contribution >= 4 is 11.7 Å². The van der Waals surface area contributed by atoms with Gasteiger partial charge in [-0.3, -0.25) is 4.79 Å². The van der Waals surface area contributed by atoms with Crippen LogP contribution in [-0.4, -0.2) is 30.5 Å². The highest BCUT2D eigenvalue weighted by Crippen LogP contribution is 2.21. The van der Waals surface area contributed by atoms with Crippen LogP contribution in [0, 0.1) is 5.92 Å². The summed E-state index contributed by atoms with van der Waals surface area (Å²) in [7, 11) is 0. The van der Waals surface area contributed by atoms with Gasteiger partial charge in [0.2, 0.25) is 5.91 Å². The summed E-state index contributed by atoms with van der Waals surface area (Å²) in [5.41, 5.74) is 11.1. The number of carbonyl (C=O) groups is 1. The van der Waals surface area contributed by atoms with Crippen molar-refractivity contribution in [1.82, 2.24) is 4.98 Å². The van der Waals surface area contributed by atoms with Crippen molar-refractivity contribution < 1.29 is 4.79 Å². The Balaban J connectivity index is 2.02. The number of aromatic nitrogens is 1. The van der Waals surface area contributed by atoms with Crippen LogP contribution >= 0.6 is 0 Å². The van der Waals surface area contributed by atoms with Gasteiger partial charge in [0.1, 0.15) is 5.82 Å². The van der Waals surface area contributed by atoms with Crippen LogP contribution in [-0.2, 0) is 0 Å². The predicted octanol–water partition coefficient (Wildman–Crippen LogP) is -0.425. The molecule has 1 amide bonds. The summed E-state index contributed by atoms with van der Waals surface area (Å²) < 4.78 is 0. The van der Waals surface area contributed by atoms with Crippen LogP contribution in [0.3, 0.4) is 0 Å². The fourth-order valence-electron chi connectivity index (χ4n) is 1.62. The summed E-state index contributed by atoms with van der Waals surface area (Å²) in [5.74, 6) is 1.00. The molecule has 0 radical (unpaired) electrons. The van der Waals surface area contributed by atoms with Gasteiger partial charge in [0.05, 0.1) is 5.56 Å². The highest BCUT2D eigenvalue weighted by Gasteiger charge is 2.26. The number of hydrogen-bond donors (Lipinski definition) is 2. The minimum atomic E-state index is -0.447. The summed E-state index contributed by atoms with van der Waals surface area (Å²) in [6, 6.07) is 3.51. The third-order valence-corrected chi connectivity index (χ3v) is 2.65. The molecule has 5 heteroatoms. The van der Waals surface area contributed by atoms with E-state index < -0.39 is 5.91 Å². The van der Waals surface area contributed by atoms with Gasteiger partial charge in [0, 0.05) is 25.2 Å². The Morgan fingerprint density at radius 1 is 1.53 bits per heavy atom. The minimum absolute atomic E-state index is 0.439. The molecule has 0 saturated carbocycles. The van der Waals surface area contributed by atoms with Gasteiger partial charge in [0.15, 0.2) is 0 Å². The molecule has 1 aromatic heterocycles. The number of nitrogens with two attached hydrogens (primary N) is 2. The quantitative estimate of drug-likeness (QED) is 0.703. The number of primary amides is 1. The molecule has 1 saturated heterocycles. The van der Waals surface area contributed by atoms with Gasteiger partial charge >= 0.3 is 0 Å². The Bertz CT molecular complexity index is 356. The SMILES string of the molecule is NCC1CN(c2ccc(C(N)=O)cn2)C1. The maximum atomic E-state index is 10.8. The number of rotatable bonds is 3. The van der Waals surface area contributed by atoms with Gasteiger partial charge in [-0.25, -0.2) is 4.98 Å². The number of nitrogens with zero attached hydrogens (tertiary/aromatic N) is 2. The first-order valence-corrected chi connectivity index (χ1v) is 4.91. The van der Waals surface area contributed by atoms with Crippen molar-refractivity contribution in [2.45, 2.75) is 0 Å². The van der Waals surface area contributed by atoms with Crippen molar-refractivity contribution in [3.8, 4) is 0 Å². The van der Waals surface area contributed by atoms with Crippen LogP contribution in [0.2, 0.25) is 0 Å². The largest absolute Gasteiger partial charge is 0.366 e. The zero-order valence-corrected chi connectivity index (χ0v) is 8.39. The number of anilines is 1. The zero-order valence-electron chi connectivity index (χ0n) is 8.39. The molecule has 0 aromatic carbocycles. The summed E-state index contributed by atoms with van der Waals surface area (Å²) >= 11 is 0. The van der Waals surface area contributed by atoms with E-state index in [0.29, 0.717) is 11.5 Å². The Labute approximate surface area is 88.1 Å². The minimum Gasteiger partial charge on any atom is -0.366 e. The van der Waals surface area contributed by atoms with E-state index in [-0.39, 0.29) is 0 Å². The Hall–Kier alpha value is -1.62. The van der Waals surface area contributed by atoms with Crippen LogP contribution < -0.4 is 16.4 Å². The van der Waals surface area contributed by atoms with Gasteiger partial charge in [-0.15, -0.1) is 0 Å². The van der Waals surface area contributed by atoms with Crippen LogP contribution in [0.25, 0.3) is 0 Å². The molecule has 0 unspecified atom stereocenters. The van der Waals surface area contributed by atoms with Crippen LogP contribution in [0.1, 0.15) is 10.4 Å². The van der Waals surface area contributed by atoms with Crippen molar-refractivity contribution in [3.05, 3.63) is 23.9 Å². The molecule has 1 aromatic rings. The Morgan fingerprint density at radius 2 is 2.27 bits per heavy atom. The molecule has 4 N–H and O–H groups in total. The van der Waals surface area contributed by atoms with Gasteiger partial charge in [-0.2, -0.15) is 0 Å². The molecule has 0 spiro atoms. The van der Waals surface area contributed by atoms with E-state index >= 15 is 0 Å². The Morgan fingerprint density at radius 3 is 2.73 bits per heavy atom. The van der Waals surface area contributed by atoms with E-state index in [2.05, 4.69) is 9.88 Å². The third kappa shape index (κ3) is 1.92. The van der Waals surface area contributed by atoms with E-state index in [4.69, 9.17) is 11.5 Å². The molecule has 1 fully saturated rings. The van der Waals surface area contributed by atoms with Gasteiger partial charge in [0.25, 0.3) is 0 Å². The maximum Gasteiger partial charge on any atom is 0.250 e. The van der Waals surface area contributed by atoms with E-state index in [1.165, 1.54) is 6.20 Å². The lowest BCUT2D eigenvalue weighted by Gasteiger charge is -2.39. The number of amides is 1. The number of pyridine rings is 1. The standard InChI is InChI=1S/C10H14N4O/c11-3-7-5-14(6-7)9-2-1-8(4-13-9)10(12)15/h1-2,4,7H,3,5-6,11H2,(H2,12,15). The second-order valence-electron chi connectivity index (χ2n) is 3.78. The first kappa shape index (κ1) is 9.92. The third-order valence-electron chi connectivity index (χ3n) is 2.65. The zero-order chi connectivity index (χ0) is 10.8. The van der Waals surface area contributed by atoms with Crippen LogP contribution in [0.5, 0.6) is 0 Å². The van der Waals surface area contributed by atoms with E-state index in [9.17, 15) is 4.79 Å². The van der Waals surface area contributed by atoms with E-state index in [1.807, 2.05) is 6.07 Å². The average Bonchev–Trinajstić information content (AvgIpc) is 2.17. The molecule has 5 nitrogen and oxygen atoms in total. The molecule has 2 heterocycles. The summed E-state index contributed by atoms with van der Waals surface area (Å²) in [6.45, 7) is 2.61. The number of carbonyl (C=O) groups excluding carboxylic acids is 1. The van der Waals surface area contributed by atoms with Crippen LogP contribution in [0.15, 0.2) is 18.3 Å². The fraction of sp³-hybridized carbons (Fsp3) is 0.400. The molecule has 1 aliphatic rings. The lowest BCUT2D eigenvalue weighted by atomic mass is 10.0. The van der Waals surface area contributed by atoms with Crippen molar-refractivity contribution in [3.63, 3.8) is 0 Å². The molecule has 1 aliphatic heterocycles. The van der Waals surface area contributed by atoms with Crippen molar-refractivity contribution in [1.29, 1.82) is 0 Å². The topological polar surface area (TPSA) is 85.2 Å². The maximum absolute atomic E-state index is 10.8. The van der Waals surface area contributed by atoms with Gasteiger partial charge < -0.3 is 16.4 Å². The van der Waals surface area contributed by atoms with Gasteiger partial charge in [-0.05, 0) is 18.7 Å². The first-order chi connectivity index (χ1) is 7.20. The second-order valence-corrected chi connectivity index (χ2v) is 3.78. The van der Waals surface area contributed by atoms with E-state index in [1.54, 1.807) is 6.07 Å². The first-order valence-electron chi connectivity index (χ1n) is 4.91. The van der Waals surface area contributed by atoms with Crippen LogP contribution in [0.4, 0.5) is 5.82 Å². The molecule has 15 heavy (non-hydrogen) atoms. The fourth-order valence-corrected chi connectivity index (χ4v) is 1.62. The normalized spacial score (nSPS) is 16.2. The summed E-state index contributed by atoms with van der Waals surface area (Å²) in [5, 5.41) is 0. The lowest BCUT2D eigenvalue weighted by molar-refractivity contribution is 0.1000. The lowest BCUT2D eigenvalue weighted by Crippen LogP contribution is -2.50. The molecular weight excluding hydrogens is 192 g/mol. The summed E-state index contributed by atoms with van der Waals surface area (Å²) in [4.78, 5) is 17.1. The molecule has 80 valence electrons. The molecule has 0 atom stereocenters. The molecule has 0 aliphatic carbocycles. The molecule has 2 rings (SSSR count). The Kier molecular flexibility index (Phi) is 2.55. The monoisotopic (exact) mass is 206 g/mol. The summed E-state index contributed by atoms with van der Waals surface area (Å²) in [6.07, 6.45) is 1.51. The number of hydrogen-bond acceptors (Lipinski definition) is 4. The van der Waals surface area contributed by atoms with Crippen molar-refractivity contribution in [2.24, 2.45) is 17.4 Å². The molecular formula is C10H14N4O. The smallest absolute Gasteiger partial charge is 0.250 e. The highest BCUT2D eigenvalue weighted by atomic mass is 16.1. The highest BCUT2D eigenvalue weighted by molar-refractivity contribution is 5.92. The van der Waals surface area contributed by atoms with Crippen molar-refractivity contribution in [2.75, 3.05) is 24.5 Å². The molecule has 0 bridgehead atoms. The average molecular weight is 206 g/mol. The second kappa shape index (κ2) is 3.86. The van der Waals surface area contributed by atoms with Gasteiger partial charge in [-0.1, -0.05) is 0 Å². The van der Waals surface area contributed by atoms with E-state index in [0.717, 1.165) is 25.5 Å².